The van der Waals surface area contributed by atoms with Gasteiger partial charge in [0.2, 0.25) is 5.91 Å². The van der Waals surface area contributed by atoms with Crippen molar-refractivity contribution in [1.82, 2.24) is 9.13 Å². The second-order valence-electron chi connectivity index (χ2n) is 6.38. The van der Waals surface area contributed by atoms with Crippen LogP contribution in [0.4, 0.5) is 5.69 Å². The number of hydrogen-bond donors (Lipinski definition) is 0. The van der Waals surface area contributed by atoms with Crippen LogP contribution in [0.15, 0.2) is 45.3 Å². The molecule has 1 aromatic carbocycles. The van der Waals surface area contributed by atoms with E-state index in [-0.39, 0.29) is 18.0 Å². The number of para-hydroxylation sites is 1. The zero-order chi connectivity index (χ0) is 18.3. The molecule has 1 amide bonds. The molecule has 0 saturated heterocycles. The van der Waals surface area contributed by atoms with E-state index in [2.05, 4.69) is 0 Å². The number of aromatic nitrogens is 2. The summed E-state index contributed by atoms with van der Waals surface area (Å²) in [6, 6.07) is 9.57. The second-order valence-corrected chi connectivity index (χ2v) is 7.30. The molecule has 0 spiro atoms. The Kier molecular flexibility index (Phi) is 4.24. The van der Waals surface area contributed by atoms with Gasteiger partial charge in [-0.1, -0.05) is 25.1 Å². The Hall–Kier alpha value is -2.67. The summed E-state index contributed by atoms with van der Waals surface area (Å²) in [6.07, 6.45) is 1.50. The molecule has 7 heteroatoms. The van der Waals surface area contributed by atoms with Gasteiger partial charge in [-0.05, 0) is 35.9 Å². The summed E-state index contributed by atoms with van der Waals surface area (Å²) in [5.74, 6) is -0.133. The van der Waals surface area contributed by atoms with Crippen LogP contribution >= 0.6 is 11.3 Å². The van der Waals surface area contributed by atoms with E-state index in [1.807, 2.05) is 31.2 Å². The highest BCUT2D eigenvalue weighted by atomic mass is 32.1. The van der Waals surface area contributed by atoms with Crippen molar-refractivity contribution < 1.29 is 4.79 Å². The molecule has 0 bridgehead atoms. The number of fused-ring (bicyclic) bond motifs is 2. The summed E-state index contributed by atoms with van der Waals surface area (Å²) in [5, 5.41) is 1.79. The normalized spacial score (nSPS) is 13.3. The Morgan fingerprint density at radius 3 is 2.77 bits per heavy atom. The van der Waals surface area contributed by atoms with E-state index >= 15 is 0 Å². The Bertz CT molecular complexity index is 1110. The minimum absolute atomic E-state index is 0.0651. The van der Waals surface area contributed by atoms with Gasteiger partial charge >= 0.3 is 5.69 Å². The number of carbonyl (C=O) groups is 1. The fraction of sp³-hybridized carbons (Fsp3) is 0.316. The van der Waals surface area contributed by atoms with Crippen LogP contribution in [-0.4, -0.2) is 21.6 Å². The van der Waals surface area contributed by atoms with Gasteiger partial charge in [0.25, 0.3) is 5.56 Å². The van der Waals surface area contributed by atoms with Crippen LogP contribution in [0.25, 0.3) is 10.2 Å². The highest BCUT2D eigenvalue weighted by molar-refractivity contribution is 7.17. The first kappa shape index (κ1) is 16.8. The molecule has 0 radical (unpaired) electrons. The van der Waals surface area contributed by atoms with Gasteiger partial charge in [0.05, 0.1) is 5.52 Å². The van der Waals surface area contributed by atoms with Gasteiger partial charge < -0.3 is 4.90 Å². The largest absolute Gasteiger partial charge is 0.332 e. The predicted octanol–water partition coefficient (Wildman–Crippen LogP) is 2.22. The summed E-state index contributed by atoms with van der Waals surface area (Å²) in [5.41, 5.74) is 1.91. The van der Waals surface area contributed by atoms with Crippen molar-refractivity contribution in [3.63, 3.8) is 0 Å². The third-order valence-corrected chi connectivity index (χ3v) is 5.66. The van der Waals surface area contributed by atoms with Crippen LogP contribution in [-0.2, 0) is 24.3 Å². The molecular formula is C19H19N3O3S. The maximum atomic E-state index is 12.9. The number of nitrogens with zero attached hydrogens (tertiary/aromatic N) is 3. The molecule has 134 valence electrons. The zero-order valence-corrected chi connectivity index (χ0v) is 15.3. The van der Waals surface area contributed by atoms with Crippen LogP contribution in [0.5, 0.6) is 0 Å². The SMILES string of the molecule is CCCn1c(=O)c2sccc2n(CC(=O)N2CCc3ccccc32)c1=O. The molecule has 1 aliphatic heterocycles. The summed E-state index contributed by atoms with van der Waals surface area (Å²) in [7, 11) is 0. The third-order valence-electron chi connectivity index (χ3n) is 4.77. The fourth-order valence-corrected chi connectivity index (χ4v) is 4.37. The Morgan fingerprint density at radius 2 is 1.96 bits per heavy atom. The second kappa shape index (κ2) is 6.57. The van der Waals surface area contributed by atoms with Crippen molar-refractivity contribution >= 4 is 33.1 Å². The summed E-state index contributed by atoms with van der Waals surface area (Å²) in [6.45, 7) is 2.83. The number of hydrogen-bond acceptors (Lipinski definition) is 4. The van der Waals surface area contributed by atoms with Gasteiger partial charge in [0.15, 0.2) is 0 Å². The molecule has 0 unspecified atom stereocenters. The number of anilines is 1. The van der Waals surface area contributed by atoms with Crippen molar-refractivity contribution in [3.05, 3.63) is 62.1 Å². The topological polar surface area (TPSA) is 64.3 Å². The van der Waals surface area contributed by atoms with E-state index in [1.165, 1.54) is 20.5 Å². The molecule has 0 fully saturated rings. The molecule has 2 aromatic heterocycles. The van der Waals surface area contributed by atoms with E-state index < -0.39 is 5.69 Å². The van der Waals surface area contributed by atoms with Crippen LogP contribution < -0.4 is 16.1 Å². The molecule has 0 aliphatic carbocycles. The lowest BCUT2D eigenvalue weighted by Crippen LogP contribution is -2.43. The zero-order valence-electron chi connectivity index (χ0n) is 14.5. The highest BCUT2D eigenvalue weighted by Crippen LogP contribution is 2.27. The number of amides is 1. The van der Waals surface area contributed by atoms with Crippen LogP contribution in [0.2, 0.25) is 0 Å². The number of rotatable bonds is 4. The first-order chi connectivity index (χ1) is 12.6. The third kappa shape index (κ3) is 2.59. The lowest BCUT2D eigenvalue weighted by atomic mass is 10.2. The molecular weight excluding hydrogens is 350 g/mol. The van der Waals surface area contributed by atoms with Gasteiger partial charge in [0.1, 0.15) is 11.2 Å². The van der Waals surface area contributed by atoms with E-state index in [0.717, 1.165) is 17.7 Å². The van der Waals surface area contributed by atoms with Crippen LogP contribution in [0.1, 0.15) is 18.9 Å². The van der Waals surface area contributed by atoms with Crippen molar-refractivity contribution in [3.8, 4) is 0 Å². The predicted molar refractivity (Wildman–Crippen MR) is 103 cm³/mol. The van der Waals surface area contributed by atoms with Crippen molar-refractivity contribution in [1.29, 1.82) is 0 Å². The minimum atomic E-state index is -0.413. The number of carbonyl (C=O) groups excluding carboxylic acids is 1. The van der Waals surface area contributed by atoms with Crippen LogP contribution in [0.3, 0.4) is 0 Å². The minimum Gasteiger partial charge on any atom is -0.310 e. The van der Waals surface area contributed by atoms with E-state index in [4.69, 9.17) is 0 Å². The van der Waals surface area contributed by atoms with Gasteiger partial charge in [-0.3, -0.25) is 18.7 Å². The Labute approximate surface area is 153 Å². The van der Waals surface area contributed by atoms with Crippen molar-refractivity contribution in [2.45, 2.75) is 32.9 Å². The Balaban J connectivity index is 1.76. The van der Waals surface area contributed by atoms with Crippen molar-refractivity contribution in [2.24, 2.45) is 0 Å². The highest BCUT2D eigenvalue weighted by Gasteiger charge is 2.25. The molecule has 26 heavy (non-hydrogen) atoms. The molecule has 0 N–H and O–H groups in total. The molecule has 1 aliphatic rings. The molecule has 0 atom stereocenters. The maximum absolute atomic E-state index is 12.9. The molecule has 3 heterocycles. The summed E-state index contributed by atoms with van der Waals surface area (Å²) < 4.78 is 3.20. The smallest absolute Gasteiger partial charge is 0.310 e. The van der Waals surface area contributed by atoms with E-state index in [9.17, 15) is 14.4 Å². The maximum Gasteiger partial charge on any atom is 0.332 e. The van der Waals surface area contributed by atoms with E-state index in [1.54, 1.807) is 16.3 Å². The van der Waals surface area contributed by atoms with Gasteiger partial charge in [0, 0.05) is 18.8 Å². The summed E-state index contributed by atoms with van der Waals surface area (Å²) in [4.78, 5) is 40.0. The quantitative estimate of drug-likeness (QED) is 0.708. The first-order valence-electron chi connectivity index (χ1n) is 8.71. The Morgan fingerprint density at radius 1 is 1.15 bits per heavy atom. The van der Waals surface area contributed by atoms with Gasteiger partial charge in [-0.25, -0.2) is 4.79 Å². The van der Waals surface area contributed by atoms with Crippen LogP contribution in [0, 0.1) is 0 Å². The molecule has 6 nitrogen and oxygen atoms in total. The molecule has 4 rings (SSSR count). The average Bonchev–Trinajstić information content (AvgIpc) is 3.29. The lowest BCUT2D eigenvalue weighted by Gasteiger charge is -2.19. The number of thiophene rings is 1. The summed E-state index contributed by atoms with van der Waals surface area (Å²) >= 11 is 1.31. The average molecular weight is 369 g/mol. The van der Waals surface area contributed by atoms with Gasteiger partial charge in [-0.15, -0.1) is 11.3 Å². The standard InChI is InChI=1S/C19H19N3O3S/c1-2-9-21-18(24)17-15(8-11-26-17)22(19(21)25)12-16(23)20-10-7-13-5-3-4-6-14(13)20/h3-6,8,11H,2,7,9-10,12H2,1H3. The molecule has 0 saturated carbocycles. The monoisotopic (exact) mass is 369 g/mol. The van der Waals surface area contributed by atoms with E-state index in [0.29, 0.717) is 29.7 Å². The van der Waals surface area contributed by atoms with Crippen molar-refractivity contribution in [2.75, 3.05) is 11.4 Å². The van der Waals surface area contributed by atoms with Gasteiger partial charge in [-0.2, -0.15) is 0 Å². The number of benzene rings is 1. The fourth-order valence-electron chi connectivity index (χ4n) is 3.52. The lowest BCUT2D eigenvalue weighted by molar-refractivity contribution is -0.119. The first-order valence-corrected chi connectivity index (χ1v) is 9.59. The molecule has 3 aromatic rings.